The largest absolute Gasteiger partial charge is 0.368 e. The smallest absolute Gasteiger partial charge is 0.250 e. The number of carbonyl (C=O) groups is 1. The van der Waals surface area contributed by atoms with Gasteiger partial charge in [0.25, 0.3) is 5.91 Å². The second kappa shape index (κ2) is 5.64. The molecule has 4 nitrogen and oxygen atoms in total. The zero-order valence-corrected chi connectivity index (χ0v) is 12.3. The van der Waals surface area contributed by atoms with Gasteiger partial charge in [0.2, 0.25) is 0 Å². The van der Waals surface area contributed by atoms with E-state index in [1.165, 1.54) is 12.8 Å². The average molecular weight is 283 g/mol. The molecule has 1 fully saturated rings. The average Bonchev–Trinajstić information content (AvgIpc) is 3.01. The highest BCUT2D eigenvalue weighted by Gasteiger charge is 2.22. The van der Waals surface area contributed by atoms with Gasteiger partial charge in [-0.25, -0.2) is 0 Å². The summed E-state index contributed by atoms with van der Waals surface area (Å²) in [5.74, 6) is -0.364. The first-order valence-corrected chi connectivity index (χ1v) is 7.50. The highest BCUT2D eigenvalue weighted by Crippen LogP contribution is 2.29. The van der Waals surface area contributed by atoms with Crippen molar-refractivity contribution in [1.29, 1.82) is 0 Å². The number of amides is 1. The zero-order valence-electron chi connectivity index (χ0n) is 12.3. The van der Waals surface area contributed by atoms with Crippen molar-refractivity contribution in [3.8, 4) is 5.69 Å². The molecule has 3 rings (SSSR count). The summed E-state index contributed by atoms with van der Waals surface area (Å²) < 4.78 is 1.98. The summed E-state index contributed by atoms with van der Waals surface area (Å²) in [5, 5.41) is 0. The van der Waals surface area contributed by atoms with Crippen molar-refractivity contribution in [2.75, 3.05) is 11.4 Å². The van der Waals surface area contributed by atoms with Crippen LogP contribution in [-0.2, 0) is 0 Å². The van der Waals surface area contributed by atoms with Crippen LogP contribution in [0.2, 0.25) is 0 Å². The molecule has 21 heavy (non-hydrogen) atoms. The van der Waals surface area contributed by atoms with E-state index in [1.54, 1.807) is 0 Å². The molecule has 0 aliphatic carbocycles. The van der Waals surface area contributed by atoms with E-state index in [0.29, 0.717) is 11.6 Å². The second-order valence-electron chi connectivity index (χ2n) is 5.69. The maximum atomic E-state index is 11.9. The molecule has 2 N–H and O–H groups in total. The topological polar surface area (TPSA) is 51.3 Å². The van der Waals surface area contributed by atoms with Gasteiger partial charge in [0.05, 0.1) is 5.56 Å². The van der Waals surface area contributed by atoms with Gasteiger partial charge < -0.3 is 15.2 Å². The number of nitrogens with two attached hydrogens (primary N) is 1. The first-order valence-electron chi connectivity index (χ1n) is 7.50. The van der Waals surface area contributed by atoms with Gasteiger partial charge in [0, 0.05) is 36.4 Å². The lowest BCUT2D eigenvalue weighted by atomic mass is 10.0. The Morgan fingerprint density at radius 2 is 2.00 bits per heavy atom. The lowest BCUT2D eigenvalue weighted by Gasteiger charge is -2.36. The standard InChI is InChI=1S/C17H21N3O/c1-13-6-2-3-11-20(13)16-8-7-14(12-15(16)17(18)21)19-9-4-5-10-19/h4-5,7-10,12-13H,2-3,6,11H2,1H3,(H2,18,21)/t13-/m1/s1. The molecule has 1 saturated heterocycles. The molecule has 1 aromatic carbocycles. The molecule has 0 unspecified atom stereocenters. The Hall–Kier alpha value is -2.23. The van der Waals surface area contributed by atoms with Crippen LogP contribution in [-0.4, -0.2) is 23.1 Å². The van der Waals surface area contributed by atoms with Gasteiger partial charge in [-0.05, 0) is 56.5 Å². The summed E-state index contributed by atoms with van der Waals surface area (Å²) in [4.78, 5) is 14.2. The summed E-state index contributed by atoms with van der Waals surface area (Å²) in [5.41, 5.74) is 8.14. The Labute approximate surface area is 125 Å². The molecule has 1 aromatic heterocycles. The molecule has 110 valence electrons. The Morgan fingerprint density at radius 1 is 1.24 bits per heavy atom. The third-order valence-electron chi connectivity index (χ3n) is 4.26. The van der Waals surface area contributed by atoms with Crippen LogP contribution in [0.4, 0.5) is 5.69 Å². The van der Waals surface area contributed by atoms with Crippen LogP contribution in [0.1, 0.15) is 36.5 Å². The van der Waals surface area contributed by atoms with E-state index in [-0.39, 0.29) is 5.91 Å². The fourth-order valence-electron chi connectivity index (χ4n) is 3.10. The van der Waals surface area contributed by atoms with Crippen LogP contribution in [0, 0.1) is 0 Å². The van der Waals surface area contributed by atoms with Gasteiger partial charge in [0.1, 0.15) is 0 Å². The first-order chi connectivity index (χ1) is 10.2. The van der Waals surface area contributed by atoms with Gasteiger partial charge in [-0.1, -0.05) is 0 Å². The quantitative estimate of drug-likeness (QED) is 0.941. The van der Waals surface area contributed by atoms with Crippen LogP contribution < -0.4 is 10.6 Å². The number of aromatic nitrogens is 1. The number of carbonyl (C=O) groups excluding carboxylic acids is 1. The lowest BCUT2D eigenvalue weighted by Crippen LogP contribution is -2.38. The monoisotopic (exact) mass is 283 g/mol. The maximum absolute atomic E-state index is 11.9. The highest BCUT2D eigenvalue weighted by molar-refractivity contribution is 5.99. The fraction of sp³-hybridized carbons (Fsp3) is 0.353. The number of hydrogen-bond donors (Lipinski definition) is 1. The molecule has 2 heterocycles. The number of piperidine rings is 1. The minimum atomic E-state index is -0.364. The van der Waals surface area contributed by atoms with Crippen molar-refractivity contribution in [3.05, 3.63) is 48.3 Å². The van der Waals surface area contributed by atoms with Crippen LogP contribution in [0.3, 0.4) is 0 Å². The number of hydrogen-bond acceptors (Lipinski definition) is 2. The van der Waals surface area contributed by atoms with Crippen LogP contribution >= 0.6 is 0 Å². The Bertz CT molecular complexity index is 633. The van der Waals surface area contributed by atoms with E-state index in [2.05, 4.69) is 11.8 Å². The van der Waals surface area contributed by atoms with Crippen molar-refractivity contribution in [1.82, 2.24) is 4.57 Å². The summed E-state index contributed by atoms with van der Waals surface area (Å²) in [7, 11) is 0. The lowest BCUT2D eigenvalue weighted by molar-refractivity contribution is 0.100. The number of nitrogens with zero attached hydrogens (tertiary/aromatic N) is 2. The number of anilines is 1. The molecule has 4 heteroatoms. The van der Waals surface area contributed by atoms with E-state index in [4.69, 9.17) is 5.73 Å². The van der Waals surface area contributed by atoms with E-state index < -0.39 is 0 Å². The molecular formula is C17H21N3O. The predicted octanol–water partition coefficient (Wildman–Crippen LogP) is 2.96. The molecule has 0 bridgehead atoms. The first kappa shape index (κ1) is 13.7. The Kier molecular flexibility index (Phi) is 3.69. The van der Waals surface area contributed by atoms with Crippen LogP contribution in [0.25, 0.3) is 5.69 Å². The molecular weight excluding hydrogens is 262 g/mol. The molecule has 1 amide bonds. The zero-order chi connectivity index (χ0) is 14.8. The molecule has 0 radical (unpaired) electrons. The second-order valence-corrected chi connectivity index (χ2v) is 5.69. The Balaban J connectivity index is 2.02. The maximum Gasteiger partial charge on any atom is 0.250 e. The van der Waals surface area contributed by atoms with Crippen LogP contribution in [0.5, 0.6) is 0 Å². The van der Waals surface area contributed by atoms with Crippen LogP contribution in [0.15, 0.2) is 42.7 Å². The minimum absolute atomic E-state index is 0.364. The van der Waals surface area contributed by atoms with E-state index in [1.807, 2.05) is 47.3 Å². The summed E-state index contributed by atoms with van der Waals surface area (Å²) >= 11 is 0. The third kappa shape index (κ3) is 2.66. The fourth-order valence-corrected chi connectivity index (χ4v) is 3.10. The van der Waals surface area contributed by atoms with Gasteiger partial charge in [-0.2, -0.15) is 0 Å². The number of primary amides is 1. The third-order valence-corrected chi connectivity index (χ3v) is 4.26. The van der Waals surface area contributed by atoms with Crippen molar-refractivity contribution in [2.45, 2.75) is 32.2 Å². The summed E-state index contributed by atoms with van der Waals surface area (Å²) in [6.07, 6.45) is 7.51. The van der Waals surface area contributed by atoms with E-state index >= 15 is 0 Å². The Morgan fingerprint density at radius 3 is 2.67 bits per heavy atom. The van der Waals surface area contributed by atoms with E-state index in [9.17, 15) is 4.79 Å². The van der Waals surface area contributed by atoms with Crippen molar-refractivity contribution in [2.24, 2.45) is 5.73 Å². The molecule has 1 aliphatic heterocycles. The van der Waals surface area contributed by atoms with Gasteiger partial charge in [-0.3, -0.25) is 4.79 Å². The van der Waals surface area contributed by atoms with Crippen molar-refractivity contribution >= 4 is 11.6 Å². The summed E-state index contributed by atoms with van der Waals surface area (Å²) in [6.45, 7) is 3.20. The molecule has 1 atom stereocenters. The van der Waals surface area contributed by atoms with Gasteiger partial charge in [-0.15, -0.1) is 0 Å². The summed E-state index contributed by atoms with van der Waals surface area (Å²) in [6, 6.07) is 10.3. The van der Waals surface area contributed by atoms with E-state index in [0.717, 1.165) is 24.3 Å². The normalized spacial score (nSPS) is 18.7. The highest BCUT2D eigenvalue weighted by atomic mass is 16.1. The van der Waals surface area contributed by atoms with Gasteiger partial charge >= 0.3 is 0 Å². The SMILES string of the molecule is C[C@@H]1CCCCN1c1ccc(-n2cccc2)cc1C(N)=O. The molecule has 2 aromatic rings. The van der Waals surface area contributed by atoms with Gasteiger partial charge in [0.15, 0.2) is 0 Å². The minimum Gasteiger partial charge on any atom is -0.368 e. The molecule has 0 saturated carbocycles. The molecule has 1 aliphatic rings. The number of rotatable bonds is 3. The van der Waals surface area contributed by atoms with Crippen molar-refractivity contribution in [3.63, 3.8) is 0 Å². The predicted molar refractivity (Wildman–Crippen MR) is 84.9 cm³/mol. The molecule has 0 spiro atoms. The van der Waals surface area contributed by atoms with Crippen molar-refractivity contribution < 1.29 is 4.79 Å². The number of benzene rings is 1.